The maximum atomic E-state index is 13.2. The first-order valence-corrected chi connectivity index (χ1v) is 13.8. The lowest BCUT2D eigenvalue weighted by atomic mass is 9.94. The monoisotopic (exact) mass is 573 g/mol. The molecule has 1 aliphatic heterocycles. The lowest BCUT2D eigenvalue weighted by Crippen LogP contribution is -2.61. The van der Waals surface area contributed by atoms with E-state index in [9.17, 15) is 24.3 Å². The third-order valence-corrected chi connectivity index (χ3v) is 6.52. The summed E-state index contributed by atoms with van der Waals surface area (Å²) in [6, 6.07) is -2.08. The van der Waals surface area contributed by atoms with Crippen molar-refractivity contribution in [3.63, 3.8) is 0 Å². The molecule has 0 aromatic heterocycles. The van der Waals surface area contributed by atoms with Crippen molar-refractivity contribution in [2.24, 2.45) is 16.3 Å². The van der Waals surface area contributed by atoms with Crippen molar-refractivity contribution >= 4 is 29.4 Å². The van der Waals surface area contributed by atoms with Crippen LogP contribution in [0, 0.1) is 11.3 Å². The largest absolute Gasteiger partial charge is 0.468 e. The van der Waals surface area contributed by atoms with Gasteiger partial charge in [0, 0.05) is 12.7 Å². The van der Waals surface area contributed by atoms with Crippen LogP contribution in [0.2, 0.25) is 0 Å². The average molecular weight is 574 g/mol. The number of carbonyl (C=O) groups is 4. The van der Waals surface area contributed by atoms with Crippen LogP contribution in [-0.4, -0.2) is 77.4 Å². The molecule has 0 unspecified atom stereocenters. The second-order valence-corrected chi connectivity index (χ2v) is 11.0. The Bertz CT molecular complexity index is 1080. The van der Waals surface area contributed by atoms with Gasteiger partial charge >= 0.3 is 5.97 Å². The molecule has 1 saturated heterocycles. The molecule has 0 aromatic carbocycles. The van der Waals surface area contributed by atoms with Gasteiger partial charge < -0.3 is 20.5 Å². The van der Waals surface area contributed by atoms with Crippen molar-refractivity contribution in [3.8, 4) is 0 Å². The van der Waals surface area contributed by atoms with Gasteiger partial charge in [-0.2, -0.15) is 0 Å². The minimum atomic E-state index is -1.22. The van der Waals surface area contributed by atoms with E-state index in [1.807, 2.05) is 19.1 Å². The van der Waals surface area contributed by atoms with Crippen LogP contribution >= 0.6 is 0 Å². The number of ether oxygens (including phenoxy) is 1. The fourth-order valence-corrected chi connectivity index (χ4v) is 3.82. The van der Waals surface area contributed by atoms with E-state index >= 15 is 0 Å². The van der Waals surface area contributed by atoms with Gasteiger partial charge in [-0.15, -0.1) is 0 Å². The molecule has 0 radical (unpaired) electrons. The topological polar surface area (TPSA) is 149 Å². The Hall–Kier alpha value is -3.57. The molecule has 228 valence electrons. The molecule has 1 fully saturated rings. The van der Waals surface area contributed by atoms with Crippen molar-refractivity contribution in [3.05, 3.63) is 48.7 Å². The molecule has 1 heterocycles. The second kappa shape index (κ2) is 16.6. The number of amides is 3. The standard InChI is InChI=1S/C30H47N5O6/c1-10-12-20(4)14-15-23(31-17-16-30(7,8)29(40)41-9)21(5)32-26(37)24-13-11-18-35(34-24)28(39)22(6)33-27(38)25(36)19(2)3/h10,12,14-17,19,21-22,24-25,34,36H,1,11,13,18H2,2-9H3,(H,32,37)(H,33,38)/b15-14-,17-16+,20-12+,31-23+/t21-,22+,24+,25+/m1/s1. The smallest absolute Gasteiger partial charge is 0.315 e. The lowest BCUT2D eigenvalue weighted by Gasteiger charge is -2.35. The van der Waals surface area contributed by atoms with E-state index in [2.05, 4.69) is 27.6 Å². The molecule has 0 aromatic rings. The van der Waals surface area contributed by atoms with Gasteiger partial charge in [0.25, 0.3) is 5.91 Å². The number of methoxy groups -OCH3 is 1. The van der Waals surface area contributed by atoms with Crippen LogP contribution in [0.15, 0.2) is 53.7 Å². The molecule has 1 rings (SSSR count). The van der Waals surface area contributed by atoms with Crippen LogP contribution in [0.4, 0.5) is 0 Å². The molecule has 0 bridgehead atoms. The molecule has 11 heteroatoms. The number of hydrogen-bond acceptors (Lipinski definition) is 8. The number of aliphatic hydroxyl groups is 1. The zero-order chi connectivity index (χ0) is 31.3. The minimum absolute atomic E-state index is 0.291. The van der Waals surface area contributed by atoms with E-state index in [4.69, 9.17) is 4.74 Å². The van der Waals surface area contributed by atoms with E-state index < -0.39 is 47.4 Å². The van der Waals surface area contributed by atoms with Crippen LogP contribution in [0.1, 0.15) is 61.3 Å². The molecule has 0 spiro atoms. The van der Waals surface area contributed by atoms with Crippen molar-refractivity contribution < 1.29 is 29.0 Å². The van der Waals surface area contributed by atoms with E-state index in [1.54, 1.807) is 52.8 Å². The first-order chi connectivity index (χ1) is 19.1. The number of aliphatic hydroxyl groups excluding tert-OH is 1. The van der Waals surface area contributed by atoms with Gasteiger partial charge in [0.1, 0.15) is 18.2 Å². The number of nitrogens with one attached hydrogen (secondary N) is 3. The summed E-state index contributed by atoms with van der Waals surface area (Å²) < 4.78 is 4.83. The third-order valence-electron chi connectivity index (χ3n) is 6.52. The molecule has 3 amide bonds. The van der Waals surface area contributed by atoms with Crippen LogP contribution < -0.4 is 16.1 Å². The number of carbonyl (C=O) groups excluding carboxylic acids is 4. The van der Waals surface area contributed by atoms with E-state index in [0.717, 1.165) is 5.57 Å². The van der Waals surface area contributed by atoms with Gasteiger partial charge in [-0.25, -0.2) is 5.43 Å². The molecule has 11 nitrogen and oxygen atoms in total. The summed E-state index contributed by atoms with van der Waals surface area (Å²) in [7, 11) is 1.32. The highest BCUT2D eigenvalue weighted by atomic mass is 16.5. The summed E-state index contributed by atoms with van der Waals surface area (Å²) in [5.74, 6) is -2.05. The first kappa shape index (κ1) is 35.5. The van der Waals surface area contributed by atoms with Gasteiger partial charge in [0.15, 0.2) is 0 Å². The summed E-state index contributed by atoms with van der Waals surface area (Å²) in [6.45, 7) is 16.1. The Morgan fingerprint density at radius 2 is 1.78 bits per heavy atom. The zero-order valence-corrected chi connectivity index (χ0v) is 25.6. The van der Waals surface area contributed by atoms with Crippen LogP contribution in [0.5, 0.6) is 0 Å². The minimum Gasteiger partial charge on any atom is -0.468 e. The van der Waals surface area contributed by atoms with E-state index in [-0.39, 0.29) is 11.8 Å². The third kappa shape index (κ3) is 11.4. The molecule has 0 saturated carbocycles. The Labute approximate surface area is 243 Å². The van der Waals surface area contributed by atoms with Gasteiger partial charge in [0.05, 0.1) is 24.3 Å². The zero-order valence-electron chi connectivity index (χ0n) is 25.6. The highest BCUT2D eigenvalue weighted by Gasteiger charge is 2.32. The predicted molar refractivity (Wildman–Crippen MR) is 159 cm³/mol. The Kier molecular flexibility index (Phi) is 14.4. The van der Waals surface area contributed by atoms with Crippen LogP contribution in [0.25, 0.3) is 0 Å². The van der Waals surface area contributed by atoms with Crippen LogP contribution in [-0.2, 0) is 23.9 Å². The lowest BCUT2D eigenvalue weighted by molar-refractivity contribution is -0.148. The molecular weight excluding hydrogens is 526 g/mol. The molecule has 0 aliphatic carbocycles. The quantitative estimate of drug-likeness (QED) is 0.150. The summed E-state index contributed by atoms with van der Waals surface area (Å²) in [5.41, 5.74) is 3.55. The van der Waals surface area contributed by atoms with Crippen molar-refractivity contribution in [2.45, 2.75) is 85.5 Å². The van der Waals surface area contributed by atoms with Crippen molar-refractivity contribution in [2.75, 3.05) is 13.7 Å². The summed E-state index contributed by atoms with van der Waals surface area (Å²) in [6.07, 6.45) is 10.1. The highest BCUT2D eigenvalue weighted by molar-refractivity contribution is 6.02. The fraction of sp³-hybridized carbons (Fsp3) is 0.567. The predicted octanol–water partition coefficient (Wildman–Crippen LogP) is 2.35. The van der Waals surface area contributed by atoms with Crippen molar-refractivity contribution in [1.82, 2.24) is 21.1 Å². The Balaban J connectivity index is 3.00. The summed E-state index contributed by atoms with van der Waals surface area (Å²) in [4.78, 5) is 54.8. The SMILES string of the molecule is C=C/C=C(C)/C=C\C(=N/C=C/C(C)(C)C(=O)OC)[C@@H](C)NC(=O)[C@@H]1CCCN(C(=O)[C@H](C)NC(=O)[C@@H](O)C(C)C)N1. The number of allylic oxidation sites excluding steroid dienone is 4. The van der Waals surface area contributed by atoms with Gasteiger partial charge in [-0.3, -0.25) is 29.2 Å². The number of aliphatic imine (C=N–C) groups is 1. The normalized spacial score (nSPS) is 19.2. The van der Waals surface area contributed by atoms with Crippen LogP contribution in [0.3, 0.4) is 0 Å². The number of hydrazine groups is 1. The maximum absolute atomic E-state index is 13.2. The summed E-state index contributed by atoms with van der Waals surface area (Å²) in [5, 5.41) is 16.8. The van der Waals surface area contributed by atoms with Gasteiger partial charge in [0.2, 0.25) is 11.8 Å². The second-order valence-electron chi connectivity index (χ2n) is 11.0. The summed E-state index contributed by atoms with van der Waals surface area (Å²) >= 11 is 0. The van der Waals surface area contributed by atoms with Gasteiger partial charge in [-0.05, 0) is 65.5 Å². The Morgan fingerprint density at radius 1 is 1.12 bits per heavy atom. The molecule has 4 N–H and O–H groups in total. The molecule has 41 heavy (non-hydrogen) atoms. The first-order valence-electron chi connectivity index (χ1n) is 13.8. The maximum Gasteiger partial charge on any atom is 0.315 e. The number of rotatable bonds is 13. The number of esters is 1. The number of hydrogen-bond donors (Lipinski definition) is 4. The van der Waals surface area contributed by atoms with Gasteiger partial charge in [-0.1, -0.05) is 44.2 Å². The number of nitrogens with zero attached hydrogens (tertiary/aromatic N) is 2. The molecule has 4 atom stereocenters. The fourth-order valence-electron chi connectivity index (χ4n) is 3.82. The molecule has 1 aliphatic rings. The van der Waals surface area contributed by atoms with Crippen molar-refractivity contribution in [1.29, 1.82) is 0 Å². The average Bonchev–Trinajstić information content (AvgIpc) is 2.93. The highest BCUT2D eigenvalue weighted by Crippen LogP contribution is 2.19. The molecular formula is C30H47N5O6. The Morgan fingerprint density at radius 3 is 2.37 bits per heavy atom. The van der Waals surface area contributed by atoms with E-state index in [0.29, 0.717) is 25.1 Å². The van der Waals surface area contributed by atoms with E-state index in [1.165, 1.54) is 25.2 Å².